The van der Waals surface area contributed by atoms with Crippen molar-refractivity contribution in [2.24, 2.45) is 34.8 Å². The first-order valence-corrected chi connectivity index (χ1v) is 9.85. The maximum atomic E-state index is 11.3. The normalized spacial score (nSPS) is 11.0. The van der Waals surface area contributed by atoms with Gasteiger partial charge < -0.3 is 49.7 Å². The molecule has 0 aliphatic heterocycles. The number of hydrogen-bond donors (Lipinski definition) is 8. The summed E-state index contributed by atoms with van der Waals surface area (Å²) in [6, 6.07) is -1.30. The average molecular weight is 551 g/mol. The minimum absolute atomic E-state index is 0. The smallest absolute Gasteiger partial charge is 0.239 e. The predicted molar refractivity (Wildman–Crippen MR) is 134 cm³/mol. The second-order valence-corrected chi connectivity index (χ2v) is 7.46. The molecule has 0 fully saturated rings. The Morgan fingerprint density at radius 1 is 0.571 bits per heavy atom. The number of hydrogen-bond acceptors (Lipinski definition) is 8. The first-order chi connectivity index (χ1) is 14.7. The maximum Gasteiger partial charge on any atom is 0.239 e. The first-order valence-electron chi connectivity index (χ1n) is 9.85. The van der Waals surface area contributed by atoms with Crippen LogP contribution in [0.1, 0.15) is 27.7 Å². The van der Waals surface area contributed by atoms with Crippen LogP contribution < -0.4 is 44.2 Å². The number of nitrogens with one attached hydrogen (secondary N) is 4. The fraction of sp³-hybridized carbons (Fsp3) is 0.667. The quantitative estimate of drug-likeness (QED) is 0.116. The van der Waals surface area contributed by atoms with Crippen LogP contribution in [0.4, 0.5) is 0 Å². The highest BCUT2D eigenvalue weighted by Gasteiger charge is 2.18. The third kappa shape index (κ3) is 24.2. The van der Waals surface area contributed by atoms with Crippen LogP contribution in [-0.4, -0.2) is 79.2 Å². The van der Waals surface area contributed by atoms with Crippen LogP contribution in [0.3, 0.4) is 0 Å². The van der Waals surface area contributed by atoms with E-state index in [1.807, 2.05) is 0 Å². The number of halogens is 2. The monoisotopic (exact) mass is 550 g/mol. The van der Waals surface area contributed by atoms with E-state index in [9.17, 15) is 28.8 Å². The Morgan fingerprint density at radius 2 is 0.829 bits per heavy atom. The molecule has 0 bridgehead atoms. The summed E-state index contributed by atoms with van der Waals surface area (Å²) in [5.74, 6) is -3.06. The molecule has 0 aromatic carbocycles. The van der Waals surface area contributed by atoms with E-state index in [1.165, 1.54) is 0 Å². The van der Waals surface area contributed by atoms with E-state index in [0.29, 0.717) is 0 Å². The zero-order chi connectivity index (χ0) is 25.4. The van der Waals surface area contributed by atoms with Gasteiger partial charge in [-0.1, -0.05) is 27.7 Å². The van der Waals surface area contributed by atoms with Gasteiger partial charge in [0.15, 0.2) is 0 Å². The molecule has 2 atom stereocenters. The SMILES string of the molecule is CC(C)[C@H](N)C(=O)NCC(=O)NCC(N)=O.CC(C)[C@H](N)C(=O)NCC(=O)NCC(N)=O.Cl.Cl.O. The van der Waals surface area contributed by atoms with Crippen molar-refractivity contribution in [3.8, 4) is 0 Å². The standard InChI is InChI=1S/2C9H18N4O3.2ClH.H2O/c2*1-5(2)8(11)9(16)13-4-7(15)12-3-6(10)14;;;/h2*5,8H,3-4,11H2,1-2H3,(H2,10,14)(H,12,15)(H,13,16);2*1H;1H2/t2*8-;;;/m00.../s1. The van der Waals surface area contributed by atoms with E-state index in [4.69, 9.17) is 22.9 Å². The van der Waals surface area contributed by atoms with Gasteiger partial charge in [-0.2, -0.15) is 0 Å². The van der Waals surface area contributed by atoms with Gasteiger partial charge >= 0.3 is 0 Å². The third-order valence-electron chi connectivity index (χ3n) is 3.81. The van der Waals surface area contributed by atoms with Crippen LogP contribution in [0.25, 0.3) is 0 Å². The highest BCUT2D eigenvalue weighted by atomic mass is 35.5. The lowest BCUT2D eigenvalue weighted by Gasteiger charge is -2.14. The molecule has 0 saturated heterocycles. The Hall–Kier alpha value is -2.72. The van der Waals surface area contributed by atoms with Crippen molar-refractivity contribution < 1.29 is 34.2 Å². The van der Waals surface area contributed by atoms with Crippen molar-refractivity contribution in [3.05, 3.63) is 0 Å². The van der Waals surface area contributed by atoms with Gasteiger partial charge in [0, 0.05) is 0 Å². The van der Waals surface area contributed by atoms with Crippen LogP contribution in [-0.2, 0) is 28.8 Å². The zero-order valence-corrected chi connectivity index (χ0v) is 21.8. The Balaban J connectivity index is -0.000000158. The fourth-order valence-corrected chi connectivity index (χ4v) is 1.67. The van der Waals surface area contributed by atoms with Crippen molar-refractivity contribution in [2.75, 3.05) is 26.2 Å². The summed E-state index contributed by atoms with van der Waals surface area (Å²) < 4.78 is 0. The molecule has 0 aromatic rings. The predicted octanol–water partition coefficient (Wildman–Crippen LogP) is -4.61. The van der Waals surface area contributed by atoms with E-state index in [0.717, 1.165) is 0 Å². The first kappa shape index (κ1) is 42.4. The number of rotatable bonds is 12. The molecular weight excluding hydrogens is 511 g/mol. The Morgan fingerprint density at radius 3 is 1.03 bits per heavy atom. The van der Waals surface area contributed by atoms with Crippen LogP contribution in [0, 0.1) is 11.8 Å². The van der Waals surface area contributed by atoms with Gasteiger partial charge in [-0.05, 0) is 11.8 Å². The zero-order valence-electron chi connectivity index (χ0n) is 20.2. The minimum atomic E-state index is -0.649. The molecule has 6 amide bonds. The lowest BCUT2D eigenvalue weighted by Crippen LogP contribution is -2.47. The third-order valence-corrected chi connectivity index (χ3v) is 3.81. The lowest BCUT2D eigenvalue weighted by molar-refractivity contribution is -0.128. The van der Waals surface area contributed by atoms with Crippen LogP contribution in [0.2, 0.25) is 0 Å². The van der Waals surface area contributed by atoms with Crippen LogP contribution in [0.5, 0.6) is 0 Å². The summed E-state index contributed by atoms with van der Waals surface area (Å²) in [5, 5.41) is 9.19. The second-order valence-electron chi connectivity index (χ2n) is 7.46. The molecule has 208 valence electrons. The summed E-state index contributed by atoms with van der Waals surface area (Å²) >= 11 is 0. The van der Waals surface area contributed by atoms with Crippen LogP contribution in [0.15, 0.2) is 0 Å². The van der Waals surface area contributed by atoms with Gasteiger partial charge in [0.05, 0.1) is 38.3 Å². The molecule has 15 nitrogen and oxygen atoms in total. The Labute approximate surface area is 216 Å². The molecular formula is C18H40Cl2N8O7. The molecule has 0 rings (SSSR count). The van der Waals surface area contributed by atoms with Gasteiger partial charge in [0.2, 0.25) is 35.4 Å². The van der Waals surface area contributed by atoms with Crippen molar-refractivity contribution >= 4 is 60.3 Å². The molecule has 14 N–H and O–H groups in total. The van der Waals surface area contributed by atoms with E-state index in [-0.39, 0.29) is 68.3 Å². The summed E-state index contributed by atoms with van der Waals surface area (Å²) in [7, 11) is 0. The van der Waals surface area contributed by atoms with Gasteiger partial charge in [0.1, 0.15) is 0 Å². The number of amides is 6. The molecule has 0 spiro atoms. The van der Waals surface area contributed by atoms with E-state index >= 15 is 0 Å². The van der Waals surface area contributed by atoms with Crippen molar-refractivity contribution in [1.29, 1.82) is 0 Å². The molecule has 0 heterocycles. The molecule has 0 aromatic heterocycles. The minimum Gasteiger partial charge on any atom is -0.412 e. The number of nitrogens with two attached hydrogens (primary N) is 4. The Bertz CT molecular complexity index is 625. The van der Waals surface area contributed by atoms with Crippen LogP contribution >= 0.6 is 24.8 Å². The summed E-state index contributed by atoms with van der Waals surface area (Å²) in [6.07, 6.45) is 0. The number of primary amides is 2. The molecule has 0 radical (unpaired) electrons. The lowest BCUT2D eigenvalue weighted by atomic mass is 10.1. The summed E-state index contributed by atoms with van der Waals surface area (Å²) in [5.41, 5.74) is 20.7. The van der Waals surface area contributed by atoms with E-state index in [1.54, 1.807) is 27.7 Å². The maximum absolute atomic E-state index is 11.3. The van der Waals surface area contributed by atoms with E-state index in [2.05, 4.69) is 21.3 Å². The fourth-order valence-electron chi connectivity index (χ4n) is 1.67. The average Bonchev–Trinajstić information content (AvgIpc) is 2.71. The number of carbonyl (C=O) groups is 6. The number of carbonyl (C=O) groups excluding carboxylic acids is 6. The Kier molecular flexibility index (Phi) is 27.9. The molecule has 0 unspecified atom stereocenters. The highest BCUT2D eigenvalue weighted by molar-refractivity contribution is 5.90. The van der Waals surface area contributed by atoms with Gasteiger partial charge in [-0.15, -0.1) is 24.8 Å². The molecule has 17 heteroatoms. The topological polar surface area (TPSA) is 286 Å². The second kappa shape index (κ2) is 23.0. The largest absolute Gasteiger partial charge is 0.412 e. The van der Waals surface area contributed by atoms with Crippen molar-refractivity contribution in [1.82, 2.24) is 21.3 Å². The van der Waals surface area contributed by atoms with Crippen molar-refractivity contribution in [3.63, 3.8) is 0 Å². The molecule has 0 saturated carbocycles. The summed E-state index contributed by atoms with van der Waals surface area (Å²) in [4.78, 5) is 65.5. The highest BCUT2D eigenvalue weighted by Crippen LogP contribution is 1.97. The summed E-state index contributed by atoms with van der Waals surface area (Å²) in [6.45, 7) is 6.29. The van der Waals surface area contributed by atoms with Gasteiger partial charge in [-0.3, -0.25) is 28.8 Å². The molecule has 0 aliphatic carbocycles. The van der Waals surface area contributed by atoms with Crippen molar-refractivity contribution in [2.45, 2.75) is 39.8 Å². The van der Waals surface area contributed by atoms with Gasteiger partial charge in [-0.25, -0.2) is 0 Å². The molecule has 35 heavy (non-hydrogen) atoms. The van der Waals surface area contributed by atoms with Gasteiger partial charge in [0.25, 0.3) is 0 Å². The molecule has 0 aliphatic rings. The van der Waals surface area contributed by atoms with E-state index < -0.39 is 47.5 Å².